The van der Waals surface area contributed by atoms with Crippen LogP contribution >= 0.6 is 0 Å². The monoisotopic (exact) mass is 186 g/mol. The van der Waals surface area contributed by atoms with Crippen molar-refractivity contribution in [3.05, 3.63) is 0 Å². The van der Waals surface area contributed by atoms with Crippen LogP contribution in [0.5, 0.6) is 0 Å². The van der Waals surface area contributed by atoms with Gasteiger partial charge in [0.2, 0.25) is 0 Å². The van der Waals surface area contributed by atoms with Crippen LogP contribution < -0.4 is 0 Å². The minimum absolute atomic E-state index is 0.260. The molecule has 13 heavy (non-hydrogen) atoms. The summed E-state index contributed by atoms with van der Waals surface area (Å²) in [7, 11) is 1.38. The Kier molecular flexibility index (Phi) is 3.31. The largest absolute Gasteiger partial charge is 0.469 e. The van der Waals surface area contributed by atoms with Crippen molar-refractivity contribution in [3.63, 3.8) is 0 Å². The molecule has 1 saturated carbocycles. The van der Waals surface area contributed by atoms with Crippen molar-refractivity contribution in [2.75, 3.05) is 7.11 Å². The summed E-state index contributed by atoms with van der Waals surface area (Å²) in [5, 5.41) is 9.61. The Bertz CT molecular complexity index is 189. The maximum atomic E-state index is 11.4. The minimum atomic E-state index is -0.500. The SMILES string of the molecule is COC(=O)[C@@H]1[C@@H](C(C)C)CC[C@@H]1O. The standard InChI is InChI=1S/C10H18O3/c1-6(2)7-4-5-8(11)9(7)10(12)13-3/h6-9,11H,4-5H2,1-3H3/t7-,8+,9-/m1/s1. The van der Waals surface area contributed by atoms with Crippen LogP contribution in [0.2, 0.25) is 0 Å². The van der Waals surface area contributed by atoms with Crippen molar-refractivity contribution >= 4 is 5.97 Å². The number of carbonyl (C=O) groups excluding carboxylic acids is 1. The first-order valence-corrected chi connectivity index (χ1v) is 4.83. The lowest BCUT2D eigenvalue weighted by atomic mass is 9.85. The van der Waals surface area contributed by atoms with Crippen molar-refractivity contribution in [3.8, 4) is 0 Å². The van der Waals surface area contributed by atoms with Crippen LogP contribution in [0, 0.1) is 17.8 Å². The second-order valence-corrected chi connectivity index (χ2v) is 4.10. The molecule has 0 heterocycles. The number of methoxy groups -OCH3 is 1. The molecular weight excluding hydrogens is 168 g/mol. The normalized spacial score (nSPS) is 33.8. The fourth-order valence-electron chi connectivity index (χ4n) is 2.22. The van der Waals surface area contributed by atoms with Crippen molar-refractivity contribution < 1.29 is 14.6 Å². The highest BCUT2D eigenvalue weighted by molar-refractivity contribution is 5.73. The molecule has 0 unspecified atom stereocenters. The summed E-state index contributed by atoms with van der Waals surface area (Å²) in [6.45, 7) is 4.16. The smallest absolute Gasteiger partial charge is 0.311 e. The Labute approximate surface area is 79.1 Å². The molecule has 3 nitrogen and oxygen atoms in total. The maximum Gasteiger partial charge on any atom is 0.311 e. The molecule has 3 heteroatoms. The molecule has 0 aromatic heterocycles. The van der Waals surface area contributed by atoms with E-state index in [1.54, 1.807) is 0 Å². The lowest BCUT2D eigenvalue weighted by molar-refractivity contribution is -0.150. The molecule has 76 valence electrons. The molecule has 1 fully saturated rings. The first kappa shape index (κ1) is 10.5. The molecule has 0 spiro atoms. The molecule has 0 amide bonds. The third-order valence-electron chi connectivity index (χ3n) is 3.00. The molecule has 0 saturated heterocycles. The predicted molar refractivity (Wildman–Crippen MR) is 49.1 cm³/mol. The number of hydrogen-bond acceptors (Lipinski definition) is 3. The van der Waals surface area contributed by atoms with Crippen molar-refractivity contribution in [2.24, 2.45) is 17.8 Å². The fraction of sp³-hybridized carbons (Fsp3) is 0.900. The summed E-state index contributed by atoms with van der Waals surface area (Å²) < 4.78 is 4.69. The molecule has 1 rings (SSSR count). The highest BCUT2D eigenvalue weighted by Gasteiger charge is 2.41. The van der Waals surface area contributed by atoms with Gasteiger partial charge in [0.1, 0.15) is 0 Å². The zero-order valence-electron chi connectivity index (χ0n) is 8.49. The summed E-state index contributed by atoms with van der Waals surface area (Å²) in [6.07, 6.45) is 1.15. The Morgan fingerprint density at radius 3 is 2.54 bits per heavy atom. The molecule has 0 aliphatic heterocycles. The van der Waals surface area contributed by atoms with Crippen LogP contribution in [-0.4, -0.2) is 24.3 Å². The van der Waals surface area contributed by atoms with E-state index in [2.05, 4.69) is 18.6 Å². The summed E-state index contributed by atoms with van der Waals surface area (Å²) >= 11 is 0. The van der Waals surface area contributed by atoms with Gasteiger partial charge in [-0.2, -0.15) is 0 Å². The third-order valence-corrected chi connectivity index (χ3v) is 3.00. The molecular formula is C10H18O3. The molecule has 0 aromatic rings. The van der Waals surface area contributed by atoms with E-state index in [1.165, 1.54) is 7.11 Å². The van der Waals surface area contributed by atoms with E-state index in [9.17, 15) is 9.90 Å². The van der Waals surface area contributed by atoms with Gasteiger partial charge in [0, 0.05) is 0 Å². The van der Waals surface area contributed by atoms with Crippen molar-refractivity contribution in [1.29, 1.82) is 0 Å². The summed E-state index contributed by atoms with van der Waals surface area (Å²) in [4.78, 5) is 11.4. The van der Waals surface area contributed by atoms with E-state index < -0.39 is 6.10 Å². The number of ether oxygens (including phenoxy) is 1. The molecule has 1 aliphatic rings. The molecule has 3 atom stereocenters. The summed E-state index contributed by atoms with van der Waals surface area (Å²) in [5.74, 6) is 0.150. The number of aliphatic hydroxyl groups is 1. The van der Waals surface area contributed by atoms with Crippen LogP contribution in [-0.2, 0) is 9.53 Å². The number of esters is 1. The number of hydrogen-bond donors (Lipinski definition) is 1. The predicted octanol–water partition coefficient (Wildman–Crippen LogP) is 1.20. The Morgan fingerprint density at radius 1 is 1.46 bits per heavy atom. The first-order chi connectivity index (χ1) is 6.07. The van der Waals surface area contributed by atoms with E-state index in [4.69, 9.17) is 0 Å². The summed E-state index contributed by atoms with van der Waals surface area (Å²) in [5.41, 5.74) is 0. The second-order valence-electron chi connectivity index (χ2n) is 4.10. The van der Waals surface area contributed by atoms with Crippen LogP contribution in [0.15, 0.2) is 0 Å². The zero-order chi connectivity index (χ0) is 10.0. The zero-order valence-corrected chi connectivity index (χ0v) is 8.49. The number of rotatable bonds is 2. The molecule has 0 bridgehead atoms. The molecule has 1 aliphatic carbocycles. The van der Waals surface area contributed by atoms with E-state index in [0.29, 0.717) is 5.92 Å². The Balaban J connectivity index is 2.71. The fourth-order valence-corrected chi connectivity index (χ4v) is 2.22. The van der Waals surface area contributed by atoms with E-state index >= 15 is 0 Å². The second kappa shape index (κ2) is 4.09. The number of aliphatic hydroxyl groups excluding tert-OH is 1. The number of carbonyl (C=O) groups is 1. The lowest BCUT2D eigenvalue weighted by Gasteiger charge is -2.22. The summed E-state index contributed by atoms with van der Waals surface area (Å²) in [6, 6.07) is 0. The van der Waals surface area contributed by atoms with Crippen LogP contribution in [0.1, 0.15) is 26.7 Å². The highest BCUT2D eigenvalue weighted by Crippen LogP contribution is 2.37. The third kappa shape index (κ3) is 2.02. The molecule has 1 N–H and O–H groups in total. The van der Waals surface area contributed by atoms with E-state index in [1.807, 2.05) is 0 Å². The van der Waals surface area contributed by atoms with Gasteiger partial charge in [-0.05, 0) is 24.7 Å². The van der Waals surface area contributed by atoms with Gasteiger partial charge in [0.25, 0.3) is 0 Å². The van der Waals surface area contributed by atoms with Gasteiger partial charge in [-0.1, -0.05) is 13.8 Å². The first-order valence-electron chi connectivity index (χ1n) is 4.83. The van der Waals surface area contributed by atoms with Crippen LogP contribution in [0.3, 0.4) is 0 Å². The van der Waals surface area contributed by atoms with Gasteiger partial charge >= 0.3 is 5.97 Å². The van der Waals surface area contributed by atoms with Gasteiger partial charge in [-0.15, -0.1) is 0 Å². The van der Waals surface area contributed by atoms with Gasteiger partial charge in [-0.25, -0.2) is 0 Å². The van der Waals surface area contributed by atoms with E-state index in [0.717, 1.165) is 12.8 Å². The van der Waals surface area contributed by atoms with Gasteiger partial charge < -0.3 is 9.84 Å². The highest BCUT2D eigenvalue weighted by atomic mass is 16.5. The lowest BCUT2D eigenvalue weighted by Crippen LogP contribution is -2.31. The van der Waals surface area contributed by atoms with Gasteiger partial charge in [-0.3, -0.25) is 4.79 Å². The quantitative estimate of drug-likeness (QED) is 0.659. The van der Waals surface area contributed by atoms with Crippen molar-refractivity contribution in [1.82, 2.24) is 0 Å². The topological polar surface area (TPSA) is 46.5 Å². The van der Waals surface area contributed by atoms with Crippen molar-refractivity contribution in [2.45, 2.75) is 32.8 Å². The maximum absolute atomic E-state index is 11.4. The minimum Gasteiger partial charge on any atom is -0.469 e. The van der Waals surface area contributed by atoms with E-state index in [-0.39, 0.29) is 17.8 Å². The average Bonchev–Trinajstić information content (AvgIpc) is 2.46. The van der Waals surface area contributed by atoms with Crippen LogP contribution in [0.25, 0.3) is 0 Å². The Morgan fingerprint density at radius 2 is 2.08 bits per heavy atom. The average molecular weight is 186 g/mol. The molecule has 0 radical (unpaired) electrons. The van der Waals surface area contributed by atoms with Crippen LogP contribution in [0.4, 0.5) is 0 Å². The van der Waals surface area contributed by atoms with Gasteiger partial charge in [0.05, 0.1) is 19.1 Å². The Hall–Kier alpha value is -0.570. The van der Waals surface area contributed by atoms with Gasteiger partial charge in [0.15, 0.2) is 0 Å². The molecule has 0 aromatic carbocycles.